The Kier molecular flexibility index (Phi) is 7.50. The fourth-order valence-electron chi connectivity index (χ4n) is 5.53. The second kappa shape index (κ2) is 10.4. The van der Waals surface area contributed by atoms with Crippen LogP contribution in [0.2, 0.25) is 0 Å². The first-order valence-corrected chi connectivity index (χ1v) is 12.8. The predicted octanol–water partition coefficient (Wildman–Crippen LogP) is 5.09. The van der Waals surface area contributed by atoms with Crippen molar-refractivity contribution in [3.8, 4) is 0 Å². The van der Waals surface area contributed by atoms with Gasteiger partial charge in [-0.05, 0) is 56.1 Å². The highest BCUT2D eigenvalue weighted by Gasteiger charge is 2.37. The third-order valence-corrected chi connectivity index (χ3v) is 7.66. The Hall–Kier alpha value is -2.24. The SMILES string of the molecule is CC(C)C(=O)[C@H](NC(=O)c1cccc([C@@H]2CCCN(C(=O)C3CC3)C2)c1F)C1CCCCC1.[HH]. The van der Waals surface area contributed by atoms with Crippen LogP contribution in [-0.4, -0.2) is 41.6 Å². The van der Waals surface area contributed by atoms with E-state index in [9.17, 15) is 14.4 Å². The van der Waals surface area contributed by atoms with Crippen molar-refractivity contribution in [2.24, 2.45) is 17.8 Å². The number of nitrogens with zero attached hydrogens (tertiary/aromatic N) is 1. The summed E-state index contributed by atoms with van der Waals surface area (Å²) in [4.78, 5) is 40.5. The van der Waals surface area contributed by atoms with Crippen LogP contribution in [-0.2, 0) is 9.59 Å². The van der Waals surface area contributed by atoms with Crippen molar-refractivity contribution in [3.63, 3.8) is 0 Å². The number of hydrogen-bond donors (Lipinski definition) is 1. The van der Waals surface area contributed by atoms with Crippen LogP contribution < -0.4 is 5.32 Å². The van der Waals surface area contributed by atoms with Crippen molar-refractivity contribution in [2.45, 2.75) is 83.6 Å². The number of halogens is 1. The first-order valence-electron chi connectivity index (χ1n) is 12.8. The van der Waals surface area contributed by atoms with Crippen molar-refractivity contribution in [1.82, 2.24) is 10.2 Å². The zero-order chi connectivity index (χ0) is 23.5. The molecule has 0 aromatic heterocycles. The van der Waals surface area contributed by atoms with Crippen LogP contribution in [0, 0.1) is 23.6 Å². The summed E-state index contributed by atoms with van der Waals surface area (Å²) >= 11 is 0. The normalized spacial score (nSPS) is 22.8. The third-order valence-electron chi connectivity index (χ3n) is 7.66. The monoisotopic (exact) mass is 458 g/mol. The molecule has 3 fully saturated rings. The third kappa shape index (κ3) is 5.47. The van der Waals surface area contributed by atoms with Gasteiger partial charge in [0.1, 0.15) is 5.82 Å². The predicted molar refractivity (Wildman–Crippen MR) is 127 cm³/mol. The zero-order valence-electron chi connectivity index (χ0n) is 19.9. The number of rotatable bonds is 7. The molecule has 1 aromatic rings. The van der Waals surface area contributed by atoms with Crippen molar-refractivity contribution in [1.29, 1.82) is 0 Å². The minimum Gasteiger partial charge on any atom is -0.342 e. The van der Waals surface area contributed by atoms with Gasteiger partial charge in [0.15, 0.2) is 5.78 Å². The maximum Gasteiger partial charge on any atom is 0.254 e. The number of likely N-dealkylation sites (tertiary alicyclic amines) is 1. The van der Waals surface area contributed by atoms with E-state index in [4.69, 9.17) is 0 Å². The van der Waals surface area contributed by atoms with Crippen LogP contribution in [0.15, 0.2) is 18.2 Å². The van der Waals surface area contributed by atoms with E-state index < -0.39 is 17.8 Å². The molecule has 33 heavy (non-hydrogen) atoms. The van der Waals surface area contributed by atoms with Gasteiger partial charge in [-0.2, -0.15) is 0 Å². The molecule has 2 aliphatic carbocycles. The Bertz CT molecular complexity index is 896. The van der Waals surface area contributed by atoms with Crippen LogP contribution >= 0.6 is 0 Å². The van der Waals surface area contributed by atoms with E-state index in [1.165, 1.54) is 6.07 Å². The summed E-state index contributed by atoms with van der Waals surface area (Å²) in [5, 5.41) is 2.91. The van der Waals surface area contributed by atoms with Gasteiger partial charge < -0.3 is 10.2 Å². The average Bonchev–Trinajstić information content (AvgIpc) is 3.68. The van der Waals surface area contributed by atoms with Crippen molar-refractivity contribution in [3.05, 3.63) is 35.1 Å². The molecule has 0 bridgehead atoms. The second-order valence-electron chi connectivity index (χ2n) is 10.5. The molecule has 6 heteroatoms. The Morgan fingerprint density at radius 3 is 2.42 bits per heavy atom. The number of piperidine rings is 1. The van der Waals surface area contributed by atoms with E-state index in [2.05, 4.69) is 5.32 Å². The molecule has 4 rings (SSSR count). The lowest BCUT2D eigenvalue weighted by molar-refractivity contribution is -0.133. The van der Waals surface area contributed by atoms with Gasteiger partial charge in [-0.1, -0.05) is 45.2 Å². The van der Waals surface area contributed by atoms with Gasteiger partial charge in [-0.25, -0.2) is 4.39 Å². The highest BCUT2D eigenvalue weighted by Crippen LogP contribution is 2.35. The highest BCUT2D eigenvalue weighted by atomic mass is 19.1. The molecule has 1 N–H and O–H groups in total. The molecule has 0 unspecified atom stereocenters. The lowest BCUT2D eigenvalue weighted by Crippen LogP contribution is -2.48. The lowest BCUT2D eigenvalue weighted by atomic mass is 9.80. The van der Waals surface area contributed by atoms with E-state index in [0.717, 1.165) is 64.3 Å². The van der Waals surface area contributed by atoms with Gasteiger partial charge in [0.2, 0.25) is 5.91 Å². The summed E-state index contributed by atoms with van der Waals surface area (Å²) in [7, 11) is 0. The standard InChI is InChI=1S/C27H37FN2O3.H2/c1-17(2)25(31)24(18-8-4-3-5-9-18)29-26(32)22-12-6-11-21(23(22)28)20-10-7-15-30(16-20)27(33)19-13-14-19;/h6,11-12,17-20,24H,3-5,7-10,13-16H2,1-2H3,(H,29,32);1H/t20-,24-;/m1./s1. The molecular weight excluding hydrogens is 419 g/mol. The van der Waals surface area contributed by atoms with E-state index in [1.807, 2.05) is 18.7 Å². The number of Topliss-reactive ketones (excluding diaryl/α,β-unsaturated/α-hetero) is 1. The van der Waals surface area contributed by atoms with Crippen molar-refractivity contribution < 1.29 is 20.2 Å². The molecule has 3 aliphatic rings. The molecule has 1 heterocycles. The summed E-state index contributed by atoms with van der Waals surface area (Å²) in [5.74, 6) is -0.845. The van der Waals surface area contributed by atoms with Gasteiger partial charge in [0, 0.05) is 32.3 Å². The van der Waals surface area contributed by atoms with Crippen LogP contribution in [0.3, 0.4) is 0 Å². The lowest BCUT2D eigenvalue weighted by Gasteiger charge is -2.33. The van der Waals surface area contributed by atoms with Gasteiger partial charge in [-0.3, -0.25) is 14.4 Å². The van der Waals surface area contributed by atoms with E-state index >= 15 is 4.39 Å². The molecule has 2 saturated carbocycles. The number of ketones is 1. The van der Waals surface area contributed by atoms with Crippen molar-refractivity contribution >= 4 is 17.6 Å². The van der Waals surface area contributed by atoms with Crippen LogP contribution in [0.1, 0.15) is 94.9 Å². The maximum absolute atomic E-state index is 15.6. The van der Waals surface area contributed by atoms with Crippen molar-refractivity contribution in [2.75, 3.05) is 13.1 Å². The van der Waals surface area contributed by atoms with Crippen LogP contribution in [0.5, 0.6) is 0 Å². The molecule has 2 atom stereocenters. The van der Waals surface area contributed by atoms with Crippen LogP contribution in [0.4, 0.5) is 4.39 Å². The number of hydrogen-bond acceptors (Lipinski definition) is 3. The molecule has 0 spiro atoms. The Balaban J connectivity index is 0.00000324. The molecule has 0 radical (unpaired) electrons. The molecule has 2 amide bonds. The number of carbonyl (C=O) groups excluding carboxylic acids is 3. The summed E-state index contributed by atoms with van der Waals surface area (Å²) in [5.41, 5.74) is 0.496. The van der Waals surface area contributed by atoms with Gasteiger partial charge in [-0.15, -0.1) is 0 Å². The number of nitrogens with one attached hydrogen (secondary N) is 1. The average molecular weight is 459 g/mol. The summed E-state index contributed by atoms with van der Waals surface area (Å²) in [6.07, 6.45) is 8.66. The number of benzene rings is 1. The van der Waals surface area contributed by atoms with E-state index in [0.29, 0.717) is 12.1 Å². The van der Waals surface area contributed by atoms with Gasteiger partial charge in [0.25, 0.3) is 5.91 Å². The first-order chi connectivity index (χ1) is 15.9. The molecule has 5 nitrogen and oxygen atoms in total. The zero-order valence-corrected chi connectivity index (χ0v) is 19.9. The molecule has 1 saturated heterocycles. The quantitative estimate of drug-likeness (QED) is 0.619. The second-order valence-corrected chi connectivity index (χ2v) is 10.5. The maximum atomic E-state index is 15.6. The number of amides is 2. The fraction of sp³-hybridized carbons (Fsp3) is 0.667. The topological polar surface area (TPSA) is 66.5 Å². The largest absolute Gasteiger partial charge is 0.342 e. The Labute approximate surface area is 198 Å². The van der Waals surface area contributed by atoms with E-state index in [-0.39, 0.29) is 42.4 Å². The van der Waals surface area contributed by atoms with Crippen LogP contribution in [0.25, 0.3) is 0 Å². The highest BCUT2D eigenvalue weighted by molar-refractivity contribution is 5.98. The summed E-state index contributed by atoms with van der Waals surface area (Å²) in [6, 6.07) is 4.39. The smallest absolute Gasteiger partial charge is 0.254 e. The van der Waals surface area contributed by atoms with Gasteiger partial charge >= 0.3 is 0 Å². The van der Waals surface area contributed by atoms with Gasteiger partial charge in [0.05, 0.1) is 11.6 Å². The first kappa shape index (κ1) is 23.9. The fourth-order valence-corrected chi connectivity index (χ4v) is 5.53. The molecule has 1 aromatic carbocycles. The molecule has 1 aliphatic heterocycles. The minimum atomic E-state index is -0.567. The molecule has 182 valence electrons. The Morgan fingerprint density at radius 2 is 1.76 bits per heavy atom. The summed E-state index contributed by atoms with van der Waals surface area (Å²) < 4.78 is 15.6. The van der Waals surface area contributed by atoms with E-state index in [1.54, 1.807) is 12.1 Å². The number of carbonyl (C=O) groups is 3. The Morgan fingerprint density at radius 1 is 1.03 bits per heavy atom. The minimum absolute atomic E-state index is 0. The molecular formula is C27H39FN2O3. The summed E-state index contributed by atoms with van der Waals surface area (Å²) in [6.45, 7) is 4.94.